The number of hydrogen-bond donors (Lipinski definition) is 2. The molecule has 2 N–H and O–H groups in total. The summed E-state index contributed by atoms with van der Waals surface area (Å²) in [5, 5.41) is 6.27. The molecule has 1 fully saturated rings. The number of hydrogen-bond acceptors (Lipinski definition) is 3. The first-order valence-corrected chi connectivity index (χ1v) is 6.86. The third-order valence-corrected chi connectivity index (χ3v) is 3.49. The van der Waals surface area contributed by atoms with E-state index in [1.807, 2.05) is 31.2 Å². The molecule has 0 aromatic heterocycles. The largest absolute Gasteiger partial charge is 0.382 e. The first-order chi connectivity index (χ1) is 9.21. The summed E-state index contributed by atoms with van der Waals surface area (Å²) in [5.74, 6) is 0.0742. The van der Waals surface area contributed by atoms with Crippen molar-refractivity contribution < 1.29 is 9.53 Å². The number of carbonyl (C=O) groups excluding carboxylic acids is 1. The van der Waals surface area contributed by atoms with Gasteiger partial charge < -0.3 is 15.4 Å². The first-order valence-electron chi connectivity index (χ1n) is 6.86. The topological polar surface area (TPSA) is 50.4 Å². The van der Waals surface area contributed by atoms with Crippen molar-refractivity contribution in [3.63, 3.8) is 0 Å². The van der Waals surface area contributed by atoms with Gasteiger partial charge in [0.05, 0.1) is 12.5 Å². The average molecular weight is 262 g/mol. The minimum absolute atomic E-state index is 0.0742. The Morgan fingerprint density at radius 3 is 2.58 bits per heavy atom. The van der Waals surface area contributed by atoms with E-state index >= 15 is 0 Å². The Balaban J connectivity index is 1.80. The van der Waals surface area contributed by atoms with Crippen molar-refractivity contribution in [2.24, 2.45) is 0 Å². The molecule has 1 saturated carbocycles. The summed E-state index contributed by atoms with van der Waals surface area (Å²) in [5.41, 5.74) is 2.15. The zero-order chi connectivity index (χ0) is 13.7. The van der Waals surface area contributed by atoms with Crippen LogP contribution >= 0.6 is 0 Å². The van der Waals surface area contributed by atoms with Gasteiger partial charge in [0.2, 0.25) is 5.91 Å². The van der Waals surface area contributed by atoms with Gasteiger partial charge in [-0.1, -0.05) is 12.1 Å². The highest BCUT2D eigenvalue weighted by molar-refractivity contribution is 5.78. The average Bonchev–Trinajstić information content (AvgIpc) is 2.35. The summed E-state index contributed by atoms with van der Waals surface area (Å²) >= 11 is 0. The van der Waals surface area contributed by atoms with Gasteiger partial charge in [0.25, 0.3) is 0 Å². The molecule has 19 heavy (non-hydrogen) atoms. The molecule has 1 aliphatic carbocycles. The second kappa shape index (κ2) is 6.57. The fourth-order valence-electron chi connectivity index (χ4n) is 2.28. The zero-order valence-electron chi connectivity index (χ0n) is 11.6. The Labute approximate surface area is 114 Å². The quantitative estimate of drug-likeness (QED) is 0.824. The van der Waals surface area contributed by atoms with Gasteiger partial charge in [0.1, 0.15) is 0 Å². The fourth-order valence-corrected chi connectivity index (χ4v) is 2.28. The summed E-state index contributed by atoms with van der Waals surface area (Å²) < 4.78 is 5.26. The van der Waals surface area contributed by atoms with Crippen LogP contribution in [0.15, 0.2) is 24.3 Å². The lowest BCUT2D eigenvalue weighted by Gasteiger charge is -2.35. The Hall–Kier alpha value is -1.55. The van der Waals surface area contributed by atoms with E-state index in [0.29, 0.717) is 25.1 Å². The number of ether oxygens (including phenoxy) is 1. The number of carbonyl (C=O) groups is 1. The van der Waals surface area contributed by atoms with E-state index in [4.69, 9.17) is 4.74 Å². The molecule has 0 bridgehead atoms. The zero-order valence-corrected chi connectivity index (χ0v) is 11.6. The van der Waals surface area contributed by atoms with Crippen LogP contribution in [0.1, 0.15) is 25.3 Å². The summed E-state index contributed by atoms with van der Waals surface area (Å²) in [6.07, 6.45) is 2.99. The molecule has 0 spiro atoms. The summed E-state index contributed by atoms with van der Waals surface area (Å²) in [6.45, 7) is 2.61. The van der Waals surface area contributed by atoms with E-state index in [2.05, 4.69) is 10.6 Å². The minimum atomic E-state index is 0.0742. The number of benzene rings is 1. The van der Waals surface area contributed by atoms with Gasteiger partial charge in [0, 0.05) is 25.4 Å². The van der Waals surface area contributed by atoms with Crippen molar-refractivity contribution in [2.75, 3.05) is 19.0 Å². The van der Waals surface area contributed by atoms with Crippen LogP contribution in [0, 0.1) is 0 Å². The molecule has 0 atom stereocenters. The lowest BCUT2D eigenvalue weighted by Crippen LogP contribution is -2.40. The van der Waals surface area contributed by atoms with Crippen LogP contribution < -0.4 is 10.6 Å². The monoisotopic (exact) mass is 262 g/mol. The molecular formula is C15H22N2O2. The first kappa shape index (κ1) is 13.9. The second-order valence-corrected chi connectivity index (χ2v) is 5.00. The maximum atomic E-state index is 11.5. The molecule has 0 aliphatic heterocycles. The van der Waals surface area contributed by atoms with Gasteiger partial charge >= 0.3 is 0 Å². The molecule has 104 valence electrons. The number of amides is 1. The summed E-state index contributed by atoms with van der Waals surface area (Å²) in [4.78, 5) is 11.5. The Morgan fingerprint density at radius 1 is 1.32 bits per heavy atom. The predicted molar refractivity (Wildman–Crippen MR) is 76.3 cm³/mol. The Kier molecular flexibility index (Phi) is 4.80. The lowest BCUT2D eigenvalue weighted by molar-refractivity contribution is -0.120. The van der Waals surface area contributed by atoms with Crippen LogP contribution in [-0.2, 0) is 16.0 Å². The molecular weight excluding hydrogens is 240 g/mol. The molecule has 0 radical (unpaired) electrons. The molecule has 0 unspecified atom stereocenters. The van der Waals surface area contributed by atoms with Crippen molar-refractivity contribution in [2.45, 2.75) is 38.3 Å². The molecule has 2 rings (SSSR count). The van der Waals surface area contributed by atoms with Crippen LogP contribution in [0.3, 0.4) is 0 Å². The molecule has 0 heterocycles. The maximum absolute atomic E-state index is 11.5. The molecule has 4 nitrogen and oxygen atoms in total. The van der Waals surface area contributed by atoms with Crippen LogP contribution in [-0.4, -0.2) is 31.7 Å². The van der Waals surface area contributed by atoms with Crippen molar-refractivity contribution in [3.05, 3.63) is 29.8 Å². The number of methoxy groups -OCH3 is 1. The highest BCUT2D eigenvalue weighted by Gasteiger charge is 2.28. The second-order valence-electron chi connectivity index (χ2n) is 5.00. The third-order valence-electron chi connectivity index (χ3n) is 3.49. The van der Waals surface area contributed by atoms with E-state index in [-0.39, 0.29) is 5.91 Å². The SMILES string of the molecule is CCNC(=O)Cc1ccc(NC2CC(OC)C2)cc1. The van der Waals surface area contributed by atoms with Crippen LogP contribution in [0.25, 0.3) is 0 Å². The van der Waals surface area contributed by atoms with Gasteiger partial charge in [-0.25, -0.2) is 0 Å². The normalized spacial score (nSPS) is 21.6. The number of anilines is 1. The molecule has 1 aliphatic rings. The minimum Gasteiger partial charge on any atom is -0.382 e. The molecule has 1 amide bonds. The number of likely N-dealkylation sites (N-methyl/N-ethyl adjacent to an activating group) is 1. The van der Waals surface area contributed by atoms with E-state index in [1.165, 1.54) is 0 Å². The number of nitrogens with one attached hydrogen (secondary N) is 2. The molecule has 1 aromatic rings. The van der Waals surface area contributed by atoms with Crippen molar-refractivity contribution in [1.29, 1.82) is 0 Å². The van der Waals surface area contributed by atoms with Crippen molar-refractivity contribution >= 4 is 11.6 Å². The summed E-state index contributed by atoms with van der Waals surface area (Å²) in [6, 6.07) is 8.59. The smallest absolute Gasteiger partial charge is 0.224 e. The van der Waals surface area contributed by atoms with Crippen molar-refractivity contribution in [3.8, 4) is 0 Å². The van der Waals surface area contributed by atoms with E-state index in [9.17, 15) is 4.79 Å². The third kappa shape index (κ3) is 3.96. The fraction of sp³-hybridized carbons (Fsp3) is 0.533. The Bertz CT molecular complexity index is 411. The van der Waals surface area contributed by atoms with Gasteiger partial charge in [-0.05, 0) is 37.5 Å². The van der Waals surface area contributed by atoms with Gasteiger partial charge in [0.15, 0.2) is 0 Å². The molecule has 1 aromatic carbocycles. The van der Waals surface area contributed by atoms with Crippen LogP contribution in [0.2, 0.25) is 0 Å². The van der Waals surface area contributed by atoms with Gasteiger partial charge in [-0.2, -0.15) is 0 Å². The van der Waals surface area contributed by atoms with E-state index in [0.717, 1.165) is 24.1 Å². The lowest BCUT2D eigenvalue weighted by atomic mass is 9.89. The number of rotatable bonds is 6. The standard InChI is InChI=1S/C15H22N2O2/c1-3-16-15(18)8-11-4-6-12(7-5-11)17-13-9-14(10-13)19-2/h4-7,13-14,17H,3,8-10H2,1-2H3,(H,16,18). The van der Waals surface area contributed by atoms with Gasteiger partial charge in [-0.3, -0.25) is 4.79 Å². The highest BCUT2D eigenvalue weighted by Crippen LogP contribution is 2.26. The highest BCUT2D eigenvalue weighted by atomic mass is 16.5. The van der Waals surface area contributed by atoms with Crippen LogP contribution in [0.5, 0.6) is 0 Å². The summed E-state index contributed by atoms with van der Waals surface area (Å²) in [7, 11) is 1.76. The predicted octanol–water partition coefficient (Wildman–Crippen LogP) is 1.95. The Morgan fingerprint density at radius 2 is 2.00 bits per heavy atom. The van der Waals surface area contributed by atoms with Gasteiger partial charge in [-0.15, -0.1) is 0 Å². The van der Waals surface area contributed by atoms with E-state index < -0.39 is 0 Å². The molecule has 4 heteroatoms. The molecule has 0 saturated heterocycles. The van der Waals surface area contributed by atoms with Crippen LogP contribution in [0.4, 0.5) is 5.69 Å². The van der Waals surface area contributed by atoms with E-state index in [1.54, 1.807) is 7.11 Å². The maximum Gasteiger partial charge on any atom is 0.224 e. The van der Waals surface area contributed by atoms with Crippen molar-refractivity contribution in [1.82, 2.24) is 5.32 Å².